The number of aromatic amines is 1. The number of nitrogens with one attached hydrogen (secondary N) is 1. The summed E-state index contributed by atoms with van der Waals surface area (Å²) in [5.74, 6) is 0.426. The summed E-state index contributed by atoms with van der Waals surface area (Å²) in [6.45, 7) is 1.83. The lowest BCUT2D eigenvalue weighted by atomic mass is 9.94. The lowest BCUT2D eigenvalue weighted by Crippen LogP contribution is -2.16. The normalized spacial score (nSPS) is 9.71. The summed E-state index contributed by atoms with van der Waals surface area (Å²) in [7, 11) is 1.49. The third-order valence-corrected chi connectivity index (χ3v) is 3.15. The Morgan fingerprint density at radius 2 is 1.90 bits per heavy atom. The summed E-state index contributed by atoms with van der Waals surface area (Å²) in [6.07, 6.45) is 0. The Kier molecular flexibility index (Phi) is 3.64. The van der Waals surface area contributed by atoms with E-state index in [9.17, 15) is 15.3 Å². The van der Waals surface area contributed by atoms with Gasteiger partial charge in [0.15, 0.2) is 0 Å². The highest BCUT2D eigenvalue weighted by atomic mass is 16.5. The first-order valence-corrected chi connectivity index (χ1v) is 6.05. The number of aryl methyl sites for hydroxylation is 1. The molecule has 6 nitrogen and oxygen atoms in total. The van der Waals surface area contributed by atoms with Crippen molar-refractivity contribution in [3.05, 3.63) is 45.2 Å². The number of ether oxygens (including phenoxy) is 1. The number of hydrogen-bond acceptors (Lipinski definition) is 5. The van der Waals surface area contributed by atoms with Gasteiger partial charge in [0, 0.05) is 11.1 Å². The zero-order chi connectivity index (χ0) is 15.6. The number of nitriles is 2. The molecule has 2 rings (SSSR count). The molecule has 0 aliphatic heterocycles. The molecule has 0 aliphatic rings. The summed E-state index contributed by atoms with van der Waals surface area (Å²) in [5, 5.41) is 18.5. The minimum absolute atomic E-state index is 0.0510. The molecule has 0 amide bonds. The molecular formula is C15H12N4O2. The number of methoxy groups -OCH3 is 1. The molecule has 104 valence electrons. The standard InChI is InChI=1S/C15H12N4O2/c1-8-4-3-5-9(13(8)21-2)12-10(6-16)14(18)19-15(20)11(12)7-17/h3-5H,1-2H3,(H3,18,19,20). The zero-order valence-electron chi connectivity index (χ0n) is 11.5. The van der Waals surface area contributed by atoms with E-state index in [-0.39, 0.29) is 22.5 Å². The van der Waals surface area contributed by atoms with Crippen LogP contribution < -0.4 is 16.0 Å². The summed E-state index contributed by atoms with van der Waals surface area (Å²) in [5.41, 5.74) is 6.46. The van der Waals surface area contributed by atoms with Crippen molar-refractivity contribution in [2.75, 3.05) is 12.8 Å². The van der Waals surface area contributed by atoms with E-state index in [0.717, 1.165) is 5.56 Å². The second kappa shape index (κ2) is 5.40. The van der Waals surface area contributed by atoms with E-state index in [2.05, 4.69) is 4.98 Å². The first-order chi connectivity index (χ1) is 10.0. The van der Waals surface area contributed by atoms with E-state index in [0.29, 0.717) is 11.3 Å². The SMILES string of the molecule is COc1c(C)cccc1-c1c(C#N)c(N)[nH]c(=O)c1C#N. The van der Waals surface area contributed by atoms with Crippen LogP contribution >= 0.6 is 0 Å². The molecule has 21 heavy (non-hydrogen) atoms. The Bertz CT molecular complexity index is 854. The lowest BCUT2D eigenvalue weighted by Gasteiger charge is -2.14. The monoisotopic (exact) mass is 280 g/mol. The topological polar surface area (TPSA) is 116 Å². The van der Waals surface area contributed by atoms with Gasteiger partial charge >= 0.3 is 0 Å². The highest BCUT2D eigenvalue weighted by molar-refractivity contribution is 5.84. The van der Waals surface area contributed by atoms with Crippen LogP contribution in [0.2, 0.25) is 0 Å². The van der Waals surface area contributed by atoms with Crippen LogP contribution in [0, 0.1) is 29.6 Å². The van der Waals surface area contributed by atoms with E-state index >= 15 is 0 Å². The van der Waals surface area contributed by atoms with Gasteiger partial charge in [0.05, 0.1) is 7.11 Å². The fourth-order valence-electron chi connectivity index (χ4n) is 2.23. The molecule has 0 unspecified atom stereocenters. The molecule has 0 aliphatic carbocycles. The van der Waals surface area contributed by atoms with Gasteiger partial charge in [-0.25, -0.2) is 0 Å². The van der Waals surface area contributed by atoms with Crippen molar-refractivity contribution in [3.63, 3.8) is 0 Å². The van der Waals surface area contributed by atoms with E-state index in [4.69, 9.17) is 10.5 Å². The minimum atomic E-state index is -0.632. The second-order valence-electron chi connectivity index (χ2n) is 4.37. The van der Waals surface area contributed by atoms with E-state index < -0.39 is 5.56 Å². The number of rotatable bonds is 2. The average molecular weight is 280 g/mol. The van der Waals surface area contributed by atoms with Gasteiger partial charge in [-0.3, -0.25) is 4.79 Å². The van der Waals surface area contributed by atoms with Crippen molar-refractivity contribution in [1.82, 2.24) is 4.98 Å². The molecule has 0 saturated heterocycles. The second-order valence-corrected chi connectivity index (χ2v) is 4.37. The summed E-state index contributed by atoms with van der Waals surface area (Å²) in [4.78, 5) is 14.2. The average Bonchev–Trinajstić information content (AvgIpc) is 2.46. The molecule has 0 spiro atoms. The Balaban J connectivity index is 3.01. The number of para-hydroxylation sites is 1. The quantitative estimate of drug-likeness (QED) is 0.868. The molecule has 1 aromatic carbocycles. The number of pyridine rings is 1. The first kappa shape index (κ1) is 14.2. The van der Waals surface area contributed by atoms with Gasteiger partial charge in [-0.15, -0.1) is 0 Å². The number of H-pyrrole nitrogens is 1. The summed E-state index contributed by atoms with van der Waals surface area (Å²) in [6, 6.07) is 9.03. The molecule has 0 bridgehead atoms. The van der Waals surface area contributed by atoms with Crippen molar-refractivity contribution < 1.29 is 4.74 Å². The molecule has 1 heterocycles. The highest BCUT2D eigenvalue weighted by Crippen LogP contribution is 2.36. The summed E-state index contributed by atoms with van der Waals surface area (Å²) < 4.78 is 5.34. The van der Waals surface area contributed by atoms with Crippen LogP contribution in [0.5, 0.6) is 5.75 Å². The fourth-order valence-corrected chi connectivity index (χ4v) is 2.23. The number of nitrogens with zero attached hydrogens (tertiary/aromatic N) is 2. The number of hydrogen-bond donors (Lipinski definition) is 2. The molecule has 0 saturated carbocycles. The Hall–Kier alpha value is -3.25. The van der Waals surface area contributed by atoms with E-state index in [1.807, 2.05) is 25.1 Å². The molecule has 2 aromatic rings. The molecule has 3 N–H and O–H groups in total. The predicted octanol–water partition coefficient (Wildman–Crippen LogP) is 1.68. The summed E-state index contributed by atoms with van der Waals surface area (Å²) >= 11 is 0. The Morgan fingerprint density at radius 3 is 2.48 bits per heavy atom. The van der Waals surface area contributed by atoms with Crippen LogP contribution in [0.3, 0.4) is 0 Å². The van der Waals surface area contributed by atoms with Crippen molar-refractivity contribution in [2.45, 2.75) is 6.92 Å². The Morgan fingerprint density at radius 1 is 1.24 bits per heavy atom. The third-order valence-electron chi connectivity index (χ3n) is 3.15. The maximum atomic E-state index is 11.9. The van der Waals surface area contributed by atoms with Crippen LogP contribution in [-0.2, 0) is 0 Å². The smallest absolute Gasteiger partial charge is 0.268 e. The number of anilines is 1. The number of nitrogens with two attached hydrogens (primary N) is 1. The predicted molar refractivity (Wildman–Crippen MR) is 77.6 cm³/mol. The molecule has 1 aromatic heterocycles. The highest BCUT2D eigenvalue weighted by Gasteiger charge is 2.21. The van der Waals surface area contributed by atoms with Gasteiger partial charge in [0.25, 0.3) is 5.56 Å². The fraction of sp³-hybridized carbons (Fsp3) is 0.133. The van der Waals surface area contributed by atoms with Crippen LogP contribution in [0.4, 0.5) is 5.82 Å². The zero-order valence-corrected chi connectivity index (χ0v) is 11.5. The van der Waals surface area contributed by atoms with Gasteiger partial charge in [0.1, 0.15) is 34.8 Å². The number of aromatic nitrogens is 1. The van der Waals surface area contributed by atoms with E-state index in [1.165, 1.54) is 7.11 Å². The van der Waals surface area contributed by atoms with Gasteiger partial charge in [0.2, 0.25) is 0 Å². The van der Waals surface area contributed by atoms with Gasteiger partial charge in [-0.05, 0) is 12.5 Å². The molecule has 0 fully saturated rings. The van der Waals surface area contributed by atoms with Crippen molar-refractivity contribution in [2.24, 2.45) is 0 Å². The van der Waals surface area contributed by atoms with Crippen LogP contribution in [0.25, 0.3) is 11.1 Å². The molecular weight excluding hydrogens is 268 g/mol. The number of nitrogen functional groups attached to an aromatic ring is 1. The van der Waals surface area contributed by atoms with Gasteiger partial charge in [-0.1, -0.05) is 18.2 Å². The number of benzene rings is 1. The van der Waals surface area contributed by atoms with Gasteiger partial charge < -0.3 is 15.5 Å². The van der Waals surface area contributed by atoms with Crippen molar-refractivity contribution >= 4 is 5.82 Å². The minimum Gasteiger partial charge on any atom is -0.496 e. The molecule has 0 radical (unpaired) electrons. The van der Waals surface area contributed by atoms with Crippen molar-refractivity contribution in [1.29, 1.82) is 10.5 Å². The van der Waals surface area contributed by atoms with Crippen LogP contribution in [0.1, 0.15) is 16.7 Å². The maximum Gasteiger partial charge on any atom is 0.268 e. The van der Waals surface area contributed by atoms with Gasteiger partial charge in [-0.2, -0.15) is 10.5 Å². The first-order valence-electron chi connectivity index (χ1n) is 6.05. The Labute approximate surface area is 121 Å². The molecule has 0 atom stereocenters. The molecule has 6 heteroatoms. The largest absolute Gasteiger partial charge is 0.496 e. The lowest BCUT2D eigenvalue weighted by molar-refractivity contribution is 0.413. The van der Waals surface area contributed by atoms with Crippen LogP contribution in [0.15, 0.2) is 23.0 Å². The maximum absolute atomic E-state index is 11.9. The third kappa shape index (κ3) is 2.19. The van der Waals surface area contributed by atoms with Crippen molar-refractivity contribution in [3.8, 4) is 29.0 Å². The van der Waals surface area contributed by atoms with Crippen LogP contribution in [-0.4, -0.2) is 12.1 Å². The van der Waals surface area contributed by atoms with E-state index in [1.54, 1.807) is 12.1 Å².